The molecule has 0 unspecified atom stereocenters. The van der Waals surface area contributed by atoms with Gasteiger partial charge in [0.05, 0.1) is 19.1 Å². The van der Waals surface area contributed by atoms with Gasteiger partial charge in [-0.15, -0.1) is 0 Å². The third-order valence-corrected chi connectivity index (χ3v) is 7.91. The van der Waals surface area contributed by atoms with Crippen LogP contribution in [0.2, 0.25) is 0 Å². The number of anilines is 1. The van der Waals surface area contributed by atoms with Crippen LogP contribution >= 0.6 is 0 Å². The standard InChI is InChI=1S/C31H39N3O5S/c1-5-32-31(36)29(21-25-14-7-6-8-15-25)33(23-26-16-10-9-13-24(26)2)30(35)19-12-20-34(40(4,37)38)27-17-11-18-28(22-27)39-3/h6-11,13-18,22,29H,5,12,19-21,23H2,1-4H3,(H,32,36)/t29-/m0/s1. The van der Waals surface area contributed by atoms with E-state index >= 15 is 0 Å². The Balaban J connectivity index is 1.87. The number of methoxy groups -OCH3 is 1. The third-order valence-electron chi connectivity index (χ3n) is 6.72. The number of benzene rings is 3. The minimum absolute atomic E-state index is 0.0760. The zero-order valence-electron chi connectivity index (χ0n) is 23.7. The average molecular weight is 566 g/mol. The highest BCUT2D eigenvalue weighted by molar-refractivity contribution is 7.92. The summed E-state index contributed by atoms with van der Waals surface area (Å²) >= 11 is 0. The van der Waals surface area contributed by atoms with Crippen LogP contribution in [0.3, 0.4) is 0 Å². The first-order chi connectivity index (χ1) is 19.1. The molecule has 214 valence electrons. The number of nitrogens with zero attached hydrogens (tertiary/aromatic N) is 2. The number of ether oxygens (including phenoxy) is 1. The van der Waals surface area contributed by atoms with Gasteiger partial charge in [-0.2, -0.15) is 0 Å². The van der Waals surface area contributed by atoms with E-state index in [1.54, 1.807) is 29.2 Å². The number of amides is 2. The Hall–Kier alpha value is -3.85. The maximum atomic E-state index is 13.8. The molecule has 8 nitrogen and oxygen atoms in total. The van der Waals surface area contributed by atoms with E-state index in [-0.39, 0.29) is 37.7 Å². The first-order valence-electron chi connectivity index (χ1n) is 13.4. The number of sulfonamides is 1. The lowest BCUT2D eigenvalue weighted by Gasteiger charge is -2.32. The molecule has 0 aliphatic carbocycles. The lowest BCUT2D eigenvalue weighted by atomic mass is 10.0. The smallest absolute Gasteiger partial charge is 0.243 e. The molecule has 40 heavy (non-hydrogen) atoms. The molecule has 0 aromatic heterocycles. The molecule has 3 aromatic rings. The van der Waals surface area contributed by atoms with Gasteiger partial charge >= 0.3 is 0 Å². The Morgan fingerprint density at radius 3 is 2.33 bits per heavy atom. The first kappa shape index (κ1) is 30.7. The summed E-state index contributed by atoms with van der Waals surface area (Å²) < 4.78 is 31.8. The second-order valence-corrected chi connectivity index (χ2v) is 11.6. The van der Waals surface area contributed by atoms with E-state index in [4.69, 9.17) is 4.74 Å². The molecular weight excluding hydrogens is 526 g/mol. The summed E-state index contributed by atoms with van der Waals surface area (Å²) in [4.78, 5) is 28.8. The van der Waals surface area contributed by atoms with Gasteiger partial charge in [-0.1, -0.05) is 60.7 Å². The number of aryl methyl sites for hydroxylation is 1. The Morgan fingerprint density at radius 1 is 0.975 bits per heavy atom. The summed E-state index contributed by atoms with van der Waals surface area (Å²) in [5.74, 6) is 0.106. The molecule has 3 rings (SSSR count). The normalized spacial score (nSPS) is 11.9. The SMILES string of the molecule is CCNC(=O)[C@H](Cc1ccccc1)N(Cc1ccccc1C)C(=O)CCCN(c1cccc(OC)c1)S(C)(=O)=O. The quantitative estimate of drug-likeness (QED) is 0.314. The Kier molecular flexibility index (Phi) is 11.1. The van der Waals surface area contributed by atoms with Gasteiger partial charge in [0.25, 0.3) is 0 Å². The van der Waals surface area contributed by atoms with Crippen LogP contribution in [0.4, 0.5) is 5.69 Å². The number of carbonyl (C=O) groups is 2. The maximum Gasteiger partial charge on any atom is 0.243 e. The minimum atomic E-state index is -3.60. The summed E-state index contributed by atoms with van der Waals surface area (Å²) in [6.07, 6.45) is 1.86. The van der Waals surface area contributed by atoms with Crippen molar-refractivity contribution in [1.29, 1.82) is 0 Å². The van der Waals surface area contributed by atoms with Crippen LogP contribution in [0.1, 0.15) is 36.5 Å². The van der Waals surface area contributed by atoms with Gasteiger partial charge in [-0.25, -0.2) is 8.42 Å². The van der Waals surface area contributed by atoms with Crippen molar-refractivity contribution in [1.82, 2.24) is 10.2 Å². The number of likely N-dealkylation sites (N-methyl/N-ethyl adjacent to an activating group) is 1. The molecule has 3 aromatic carbocycles. The van der Waals surface area contributed by atoms with Crippen LogP contribution in [0.25, 0.3) is 0 Å². The molecule has 0 radical (unpaired) electrons. The summed E-state index contributed by atoms with van der Waals surface area (Å²) in [5, 5.41) is 2.90. The largest absolute Gasteiger partial charge is 0.497 e. The summed E-state index contributed by atoms with van der Waals surface area (Å²) in [6.45, 7) is 4.66. The van der Waals surface area contributed by atoms with E-state index in [1.165, 1.54) is 11.4 Å². The second-order valence-electron chi connectivity index (χ2n) is 9.69. The van der Waals surface area contributed by atoms with Gasteiger partial charge in [-0.3, -0.25) is 13.9 Å². The van der Waals surface area contributed by atoms with Gasteiger partial charge in [0, 0.05) is 38.5 Å². The minimum Gasteiger partial charge on any atom is -0.497 e. The number of rotatable bonds is 14. The number of hydrogen-bond donors (Lipinski definition) is 1. The molecular formula is C31H39N3O5S. The lowest BCUT2D eigenvalue weighted by molar-refractivity contribution is -0.141. The number of carbonyl (C=O) groups excluding carboxylic acids is 2. The maximum absolute atomic E-state index is 13.8. The zero-order valence-corrected chi connectivity index (χ0v) is 24.5. The van der Waals surface area contributed by atoms with Crippen LogP contribution in [-0.2, 0) is 32.6 Å². The van der Waals surface area contributed by atoms with Crippen LogP contribution in [-0.4, -0.2) is 57.6 Å². The van der Waals surface area contributed by atoms with Crippen molar-refractivity contribution in [2.45, 2.75) is 45.7 Å². The van der Waals surface area contributed by atoms with Gasteiger partial charge in [0.1, 0.15) is 11.8 Å². The van der Waals surface area contributed by atoms with E-state index in [9.17, 15) is 18.0 Å². The van der Waals surface area contributed by atoms with E-state index < -0.39 is 16.1 Å². The van der Waals surface area contributed by atoms with E-state index in [2.05, 4.69) is 5.32 Å². The second kappa shape index (κ2) is 14.5. The molecule has 0 bridgehead atoms. The summed E-state index contributed by atoms with van der Waals surface area (Å²) in [7, 11) is -2.08. The first-order valence-corrected chi connectivity index (χ1v) is 15.3. The molecule has 9 heteroatoms. The van der Waals surface area contributed by atoms with Crippen LogP contribution < -0.4 is 14.4 Å². The van der Waals surface area contributed by atoms with E-state index in [0.29, 0.717) is 24.4 Å². The van der Waals surface area contributed by atoms with Crippen molar-refractivity contribution >= 4 is 27.5 Å². The highest BCUT2D eigenvalue weighted by atomic mass is 32.2. The topological polar surface area (TPSA) is 96.0 Å². The zero-order chi connectivity index (χ0) is 29.1. The van der Waals surface area contributed by atoms with Gasteiger partial charge < -0.3 is 15.0 Å². The summed E-state index contributed by atoms with van der Waals surface area (Å²) in [5.41, 5.74) is 3.39. The average Bonchev–Trinajstić information content (AvgIpc) is 2.93. The molecule has 0 aliphatic rings. The molecule has 1 N–H and O–H groups in total. The fourth-order valence-corrected chi connectivity index (χ4v) is 5.54. The predicted molar refractivity (Wildman–Crippen MR) is 159 cm³/mol. The molecule has 0 spiro atoms. The van der Waals surface area contributed by atoms with E-state index in [1.807, 2.05) is 68.4 Å². The number of nitrogens with one attached hydrogen (secondary N) is 1. The third kappa shape index (κ3) is 8.58. The van der Waals surface area contributed by atoms with Crippen LogP contribution in [0.15, 0.2) is 78.9 Å². The van der Waals surface area contributed by atoms with Crippen molar-refractivity contribution in [3.05, 3.63) is 95.6 Å². The Labute approximate surface area is 238 Å². The Bertz CT molecular complexity index is 1380. The molecule has 0 saturated heterocycles. The fraction of sp³-hybridized carbons (Fsp3) is 0.355. The van der Waals surface area contributed by atoms with Crippen molar-refractivity contribution in [2.75, 3.05) is 30.8 Å². The molecule has 2 amide bonds. The van der Waals surface area contributed by atoms with Crippen molar-refractivity contribution in [3.63, 3.8) is 0 Å². The van der Waals surface area contributed by atoms with Crippen LogP contribution in [0, 0.1) is 6.92 Å². The molecule has 0 fully saturated rings. The highest BCUT2D eigenvalue weighted by Gasteiger charge is 2.30. The van der Waals surface area contributed by atoms with Gasteiger partial charge in [-0.05, 0) is 49.1 Å². The van der Waals surface area contributed by atoms with Gasteiger partial charge in [0.15, 0.2) is 0 Å². The molecule has 0 saturated carbocycles. The van der Waals surface area contributed by atoms with E-state index in [0.717, 1.165) is 22.9 Å². The predicted octanol–water partition coefficient (Wildman–Crippen LogP) is 4.33. The summed E-state index contributed by atoms with van der Waals surface area (Å²) in [6, 6.07) is 23.5. The van der Waals surface area contributed by atoms with Crippen molar-refractivity contribution in [3.8, 4) is 5.75 Å². The van der Waals surface area contributed by atoms with Gasteiger partial charge in [0.2, 0.25) is 21.8 Å². The van der Waals surface area contributed by atoms with Crippen molar-refractivity contribution in [2.24, 2.45) is 0 Å². The molecule has 1 atom stereocenters. The van der Waals surface area contributed by atoms with Crippen molar-refractivity contribution < 1.29 is 22.7 Å². The highest BCUT2D eigenvalue weighted by Crippen LogP contribution is 2.24. The lowest BCUT2D eigenvalue weighted by Crippen LogP contribution is -2.50. The Morgan fingerprint density at radius 2 is 1.68 bits per heavy atom. The number of hydrogen-bond acceptors (Lipinski definition) is 5. The fourth-order valence-electron chi connectivity index (χ4n) is 4.59. The van der Waals surface area contributed by atoms with Crippen LogP contribution in [0.5, 0.6) is 5.75 Å². The molecule has 0 aliphatic heterocycles. The monoisotopic (exact) mass is 565 g/mol. The molecule has 0 heterocycles.